The number of nitrogens with zero attached hydrogens (tertiary/aromatic N) is 2. The van der Waals surface area contributed by atoms with Crippen LogP contribution >= 0.6 is 0 Å². The molecule has 4 nitrogen and oxygen atoms in total. The summed E-state index contributed by atoms with van der Waals surface area (Å²) in [5, 5.41) is 17.7. The Morgan fingerprint density at radius 2 is 2.29 bits per heavy atom. The fourth-order valence-corrected chi connectivity index (χ4v) is 2.57. The Kier molecular flexibility index (Phi) is 3.54. The largest absolute Gasteiger partial charge is 0.394 e. The van der Waals surface area contributed by atoms with Crippen molar-refractivity contribution in [2.75, 3.05) is 6.61 Å². The van der Waals surface area contributed by atoms with E-state index in [-0.39, 0.29) is 12.1 Å². The summed E-state index contributed by atoms with van der Waals surface area (Å²) in [4.78, 5) is 0. The summed E-state index contributed by atoms with van der Waals surface area (Å²) in [5.74, 6) is 0.583. The Labute approximate surface area is 103 Å². The van der Waals surface area contributed by atoms with Gasteiger partial charge >= 0.3 is 0 Å². The smallest absolute Gasteiger partial charge is 0.0643 e. The highest BCUT2D eigenvalue weighted by Crippen LogP contribution is 2.40. The van der Waals surface area contributed by atoms with E-state index >= 15 is 0 Å². The first-order chi connectivity index (χ1) is 8.05. The minimum atomic E-state index is -0.202. The number of hydrogen-bond donors (Lipinski definition) is 2. The molecule has 0 saturated heterocycles. The van der Waals surface area contributed by atoms with Gasteiger partial charge in [0.25, 0.3) is 0 Å². The van der Waals surface area contributed by atoms with Crippen molar-refractivity contribution in [2.45, 2.75) is 51.7 Å². The molecule has 1 atom stereocenters. The van der Waals surface area contributed by atoms with Crippen molar-refractivity contribution in [1.82, 2.24) is 15.1 Å². The number of hydrogen-bond acceptors (Lipinski definition) is 3. The van der Waals surface area contributed by atoms with Crippen LogP contribution in [0.4, 0.5) is 0 Å². The summed E-state index contributed by atoms with van der Waals surface area (Å²) in [6.07, 6.45) is 6.32. The monoisotopic (exact) mass is 237 g/mol. The predicted octanol–water partition coefficient (Wildman–Crippen LogP) is 1.33. The normalized spacial score (nSPS) is 19.6. The zero-order chi connectivity index (χ0) is 12.5. The maximum absolute atomic E-state index is 9.80. The average Bonchev–Trinajstić information content (AvgIpc) is 3.03. The molecule has 0 aliphatic heterocycles. The number of aliphatic hydroxyl groups is 1. The van der Waals surface area contributed by atoms with Crippen LogP contribution in [0.2, 0.25) is 0 Å². The summed E-state index contributed by atoms with van der Waals surface area (Å²) in [6.45, 7) is 7.22. The topological polar surface area (TPSA) is 50.1 Å². The van der Waals surface area contributed by atoms with Crippen LogP contribution in [0.15, 0.2) is 12.4 Å². The van der Waals surface area contributed by atoms with Gasteiger partial charge < -0.3 is 10.4 Å². The van der Waals surface area contributed by atoms with Crippen LogP contribution < -0.4 is 5.32 Å². The SMILES string of the molecule is Cc1cnn(CC(CO)(NC(C)C)C2CC2)c1. The van der Waals surface area contributed by atoms with Crippen molar-refractivity contribution in [2.24, 2.45) is 5.92 Å². The second kappa shape index (κ2) is 4.78. The van der Waals surface area contributed by atoms with E-state index in [2.05, 4.69) is 24.3 Å². The van der Waals surface area contributed by atoms with Gasteiger partial charge in [-0.1, -0.05) is 13.8 Å². The van der Waals surface area contributed by atoms with E-state index in [4.69, 9.17) is 0 Å². The lowest BCUT2D eigenvalue weighted by molar-refractivity contribution is 0.109. The molecule has 1 aliphatic rings. The van der Waals surface area contributed by atoms with Gasteiger partial charge in [-0.2, -0.15) is 5.10 Å². The lowest BCUT2D eigenvalue weighted by atomic mass is 9.93. The van der Waals surface area contributed by atoms with Gasteiger partial charge in [-0.25, -0.2) is 0 Å². The Morgan fingerprint density at radius 3 is 2.71 bits per heavy atom. The average molecular weight is 237 g/mol. The van der Waals surface area contributed by atoms with Gasteiger partial charge in [-0.05, 0) is 31.2 Å². The summed E-state index contributed by atoms with van der Waals surface area (Å²) in [7, 11) is 0. The van der Waals surface area contributed by atoms with Gasteiger partial charge in [0.15, 0.2) is 0 Å². The molecule has 1 fully saturated rings. The number of aliphatic hydroxyl groups excluding tert-OH is 1. The second-order valence-electron chi connectivity index (χ2n) is 5.60. The molecule has 0 spiro atoms. The minimum absolute atomic E-state index is 0.175. The second-order valence-corrected chi connectivity index (χ2v) is 5.60. The molecule has 96 valence electrons. The van der Waals surface area contributed by atoms with Crippen LogP contribution in [0.25, 0.3) is 0 Å². The lowest BCUT2D eigenvalue weighted by Gasteiger charge is -2.35. The van der Waals surface area contributed by atoms with Gasteiger partial charge in [0, 0.05) is 12.2 Å². The molecule has 0 amide bonds. The van der Waals surface area contributed by atoms with Gasteiger partial charge in [-0.3, -0.25) is 4.68 Å². The summed E-state index contributed by atoms with van der Waals surface area (Å²) >= 11 is 0. The first-order valence-corrected chi connectivity index (χ1v) is 6.43. The van der Waals surface area contributed by atoms with Gasteiger partial charge in [-0.15, -0.1) is 0 Å². The van der Waals surface area contributed by atoms with Crippen molar-refractivity contribution >= 4 is 0 Å². The minimum Gasteiger partial charge on any atom is -0.394 e. The Morgan fingerprint density at radius 1 is 1.59 bits per heavy atom. The van der Waals surface area contributed by atoms with Crippen LogP contribution in [0, 0.1) is 12.8 Å². The standard InChI is InChI=1S/C13H23N3O/c1-10(2)15-13(9-17,12-4-5-12)8-16-7-11(3)6-14-16/h6-7,10,12,15,17H,4-5,8-9H2,1-3H3. The molecule has 1 aromatic rings. The fourth-order valence-electron chi connectivity index (χ4n) is 2.57. The molecule has 1 aliphatic carbocycles. The molecule has 1 aromatic heterocycles. The molecule has 17 heavy (non-hydrogen) atoms. The van der Waals surface area contributed by atoms with Crippen molar-refractivity contribution < 1.29 is 5.11 Å². The van der Waals surface area contributed by atoms with Gasteiger partial charge in [0.2, 0.25) is 0 Å². The summed E-state index contributed by atoms with van der Waals surface area (Å²) < 4.78 is 1.94. The maximum atomic E-state index is 9.80. The molecular formula is C13H23N3O. The third-order valence-electron chi connectivity index (χ3n) is 3.42. The number of aryl methyl sites for hydroxylation is 1. The molecule has 1 heterocycles. The number of rotatable bonds is 6. The van der Waals surface area contributed by atoms with E-state index in [1.807, 2.05) is 24.0 Å². The molecule has 0 radical (unpaired) electrons. The lowest BCUT2D eigenvalue weighted by Crippen LogP contribution is -2.56. The van der Waals surface area contributed by atoms with Crippen molar-refractivity contribution in [3.63, 3.8) is 0 Å². The van der Waals surface area contributed by atoms with Crippen molar-refractivity contribution in [1.29, 1.82) is 0 Å². The van der Waals surface area contributed by atoms with E-state index in [9.17, 15) is 5.11 Å². The highest BCUT2D eigenvalue weighted by atomic mass is 16.3. The molecule has 0 aromatic carbocycles. The maximum Gasteiger partial charge on any atom is 0.0643 e. The zero-order valence-electron chi connectivity index (χ0n) is 11.0. The van der Waals surface area contributed by atoms with Crippen LogP contribution in [0.5, 0.6) is 0 Å². The number of nitrogens with one attached hydrogen (secondary N) is 1. The first-order valence-electron chi connectivity index (χ1n) is 6.43. The molecule has 2 rings (SSSR count). The fraction of sp³-hybridized carbons (Fsp3) is 0.769. The van der Waals surface area contributed by atoms with Crippen LogP contribution in [0.1, 0.15) is 32.3 Å². The Bertz CT molecular complexity index is 370. The van der Waals surface area contributed by atoms with E-state index < -0.39 is 0 Å². The van der Waals surface area contributed by atoms with Gasteiger partial charge in [0.1, 0.15) is 0 Å². The van der Waals surface area contributed by atoms with E-state index in [0.29, 0.717) is 12.0 Å². The van der Waals surface area contributed by atoms with E-state index in [0.717, 1.165) is 12.1 Å². The third-order valence-corrected chi connectivity index (χ3v) is 3.42. The highest BCUT2D eigenvalue weighted by molar-refractivity contribution is 5.05. The van der Waals surface area contributed by atoms with Crippen LogP contribution in [-0.4, -0.2) is 33.1 Å². The molecule has 1 unspecified atom stereocenters. The Balaban J connectivity index is 2.14. The Hall–Kier alpha value is -0.870. The zero-order valence-corrected chi connectivity index (χ0v) is 11.0. The predicted molar refractivity (Wildman–Crippen MR) is 67.8 cm³/mol. The third kappa shape index (κ3) is 2.87. The number of aromatic nitrogens is 2. The van der Waals surface area contributed by atoms with E-state index in [1.165, 1.54) is 12.8 Å². The van der Waals surface area contributed by atoms with Gasteiger partial charge in [0.05, 0.1) is 24.9 Å². The van der Waals surface area contributed by atoms with Crippen LogP contribution in [0.3, 0.4) is 0 Å². The van der Waals surface area contributed by atoms with E-state index in [1.54, 1.807) is 0 Å². The first kappa shape index (κ1) is 12.6. The molecule has 2 N–H and O–H groups in total. The van der Waals surface area contributed by atoms with Crippen molar-refractivity contribution in [3.05, 3.63) is 18.0 Å². The molecule has 4 heteroatoms. The van der Waals surface area contributed by atoms with Crippen LogP contribution in [-0.2, 0) is 6.54 Å². The summed E-state index contributed by atoms with van der Waals surface area (Å²) in [6, 6.07) is 0.374. The highest BCUT2D eigenvalue weighted by Gasteiger charge is 2.45. The molecular weight excluding hydrogens is 214 g/mol. The molecule has 0 bridgehead atoms. The summed E-state index contributed by atoms with van der Waals surface area (Å²) in [5.41, 5.74) is 0.962. The van der Waals surface area contributed by atoms with Crippen molar-refractivity contribution in [3.8, 4) is 0 Å². The molecule has 1 saturated carbocycles. The quantitative estimate of drug-likeness (QED) is 0.785.